The molecule has 1 rings (SSSR count). The van der Waals surface area contributed by atoms with Crippen LogP contribution in [0.1, 0.15) is 50.5 Å². The molecule has 80 valence electrons. The highest BCUT2D eigenvalue weighted by Gasteiger charge is 2.15. The average molecular weight is 195 g/mol. The summed E-state index contributed by atoms with van der Waals surface area (Å²) in [5.41, 5.74) is 7.25. The van der Waals surface area contributed by atoms with Gasteiger partial charge in [0.15, 0.2) is 0 Å². The van der Waals surface area contributed by atoms with E-state index in [1.165, 1.54) is 18.4 Å². The molecule has 14 heavy (non-hydrogen) atoms. The van der Waals surface area contributed by atoms with Crippen LogP contribution in [-0.2, 0) is 0 Å². The second-order valence-electron chi connectivity index (χ2n) is 4.20. The van der Waals surface area contributed by atoms with Crippen molar-refractivity contribution < 1.29 is 4.42 Å². The summed E-state index contributed by atoms with van der Waals surface area (Å²) >= 11 is 0. The van der Waals surface area contributed by atoms with Crippen molar-refractivity contribution in [3.05, 3.63) is 23.7 Å². The second-order valence-corrected chi connectivity index (χ2v) is 4.20. The van der Waals surface area contributed by atoms with Gasteiger partial charge in [-0.2, -0.15) is 0 Å². The zero-order chi connectivity index (χ0) is 10.6. The van der Waals surface area contributed by atoms with Gasteiger partial charge in [-0.1, -0.05) is 26.7 Å². The average Bonchev–Trinajstić information content (AvgIpc) is 2.51. The van der Waals surface area contributed by atoms with Crippen LogP contribution in [0.5, 0.6) is 0 Å². The molecule has 0 aliphatic carbocycles. The van der Waals surface area contributed by atoms with Gasteiger partial charge in [-0.15, -0.1) is 0 Å². The number of hydrogen-bond donors (Lipinski definition) is 1. The molecule has 0 aliphatic heterocycles. The number of aryl methyl sites for hydroxylation is 1. The molecule has 1 aromatic rings. The summed E-state index contributed by atoms with van der Waals surface area (Å²) in [6.07, 6.45) is 5.20. The smallest absolute Gasteiger partial charge is 0.123 e. The summed E-state index contributed by atoms with van der Waals surface area (Å²) in [4.78, 5) is 0. The lowest BCUT2D eigenvalue weighted by Gasteiger charge is -2.15. The van der Waals surface area contributed by atoms with Gasteiger partial charge >= 0.3 is 0 Å². The van der Waals surface area contributed by atoms with Crippen molar-refractivity contribution in [2.75, 3.05) is 0 Å². The standard InChI is InChI=1S/C12H21NO/c1-4-5-9(2)8-11(13)12-10(3)6-7-14-12/h6-7,9,11H,4-5,8,13H2,1-3H3. The molecule has 2 unspecified atom stereocenters. The maximum atomic E-state index is 6.08. The van der Waals surface area contributed by atoms with Crippen LogP contribution in [0.25, 0.3) is 0 Å². The number of nitrogens with two attached hydrogens (primary N) is 1. The third-order valence-corrected chi connectivity index (χ3v) is 2.68. The van der Waals surface area contributed by atoms with Gasteiger partial charge < -0.3 is 10.2 Å². The van der Waals surface area contributed by atoms with Gasteiger partial charge in [-0.25, -0.2) is 0 Å². The van der Waals surface area contributed by atoms with Crippen LogP contribution in [0.15, 0.2) is 16.7 Å². The molecule has 2 heteroatoms. The molecule has 0 bridgehead atoms. The fourth-order valence-electron chi connectivity index (χ4n) is 1.92. The monoisotopic (exact) mass is 195 g/mol. The topological polar surface area (TPSA) is 39.2 Å². The number of rotatable bonds is 5. The Morgan fingerprint density at radius 3 is 2.71 bits per heavy atom. The number of hydrogen-bond acceptors (Lipinski definition) is 2. The van der Waals surface area contributed by atoms with E-state index < -0.39 is 0 Å². The molecule has 0 aromatic carbocycles. The van der Waals surface area contributed by atoms with Crippen LogP contribution < -0.4 is 5.73 Å². The highest BCUT2D eigenvalue weighted by molar-refractivity contribution is 5.17. The first-order chi connectivity index (χ1) is 6.65. The third-order valence-electron chi connectivity index (χ3n) is 2.68. The van der Waals surface area contributed by atoms with Crippen LogP contribution in [0.3, 0.4) is 0 Å². The van der Waals surface area contributed by atoms with E-state index in [2.05, 4.69) is 13.8 Å². The zero-order valence-corrected chi connectivity index (χ0v) is 9.42. The van der Waals surface area contributed by atoms with E-state index >= 15 is 0 Å². The van der Waals surface area contributed by atoms with Crippen LogP contribution in [0, 0.1) is 12.8 Å². The Labute approximate surface area is 86.5 Å². The van der Waals surface area contributed by atoms with Gasteiger partial charge in [0.05, 0.1) is 12.3 Å². The fraction of sp³-hybridized carbons (Fsp3) is 0.667. The predicted molar refractivity (Wildman–Crippen MR) is 59.1 cm³/mol. The minimum atomic E-state index is 0.0616. The highest BCUT2D eigenvalue weighted by atomic mass is 16.3. The van der Waals surface area contributed by atoms with Crippen LogP contribution in [0.2, 0.25) is 0 Å². The normalized spacial score (nSPS) is 15.4. The van der Waals surface area contributed by atoms with E-state index in [1.807, 2.05) is 13.0 Å². The maximum absolute atomic E-state index is 6.08. The van der Waals surface area contributed by atoms with Gasteiger partial charge in [0.1, 0.15) is 5.76 Å². The summed E-state index contributed by atoms with van der Waals surface area (Å²) in [7, 11) is 0. The Kier molecular flexibility index (Phi) is 4.21. The quantitative estimate of drug-likeness (QED) is 0.782. The van der Waals surface area contributed by atoms with Crippen molar-refractivity contribution in [2.24, 2.45) is 11.7 Å². The first-order valence-electron chi connectivity index (χ1n) is 5.44. The van der Waals surface area contributed by atoms with Gasteiger partial charge in [-0.3, -0.25) is 0 Å². The lowest BCUT2D eigenvalue weighted by Crippen LogP contribution is -2.14. The zero-order valence-electron chi connectivity index (χ0n) is 9.42. The molecule has 0 fully saturated rings. The largest absolute Gasteiger partial charge is 0.467 e. The minimum absolute atomic E-state index is 0.0616. The lowest BCUT2D eigenvalue weighted by molar-refractivity contribution is 0.385. The van der Waals surface area contributed by atoms with Crippen molar-refractivity contribution in [3.63, 3.8) is 0 Å². The predicted octanol–water partition coefficient (Wildman–Crippen LogP) is 3.41. The maximum Gasteiger partial charge on any atom is 0.123 e. The Balaban J connectivity index is 2.50. The molecule has 1 heterocycles. The van der Waals surface area contributed by atoms with Crippen molar-refractivity contribution >= 4 is 0 Å². The SMILES string of the molecule is CCCC(C)CC(N)c1occc1C. The van der Waals surface area contributed by atoms with Crippen molar-refractivity contribution in [3.8, 4) is 0 Å². The molecule has 1 aromatic heterocycles. The van der Waals surface area contributed by atoms with Gasteiger partial charge in [0, 0.05) is 0 Å². The molecule has 0 spiro atoms. The van der Waals surface area contributed by atoms with E-state index in [0.717, 1.165) is 12.2 Å². The molecule has 0 amide bonds. The van der Waals surface area contributed by atoms with E-state index in [4.69, 9.17) is 10.2 Å². The summed E-state index contributed by atoms with van der Waals surface area (Å²) in [6, 6.07) is 2.03. The van der Waals surface area contributed by atoms with E-state index in [1.54, 1.807) is 6.26 Å². The van der Waals surface area contributed by atoms with Crippen LogP contribution in [-0.4, -0.2) is 0 Å². The molecule has 2 nitrogen and oxygen atoms in total. The molecule has 0 saturated carbocycles. The van der Waals surface area contributed by atoms with Crippen molar-refractivity contribution in [1.29, 1.82) is 0 Å². The summed E-state index contributed by atoms with van der Waals surface area (Å²) in [6.45, 7) is 6.50. The van der Waals surface area contributed by atoms with E-state index in [-0.39, 0.29) is 6.04 Å². The molecular weight excluding hydrogens is 174 g/mol. The molecule has 2 N–H and O–H groups in total. The Morgan fingerprint density at radius 2 is 2.21 bits per heavy atom. The lowest BCUT2D eigenvalue weighted by atomic mass is 9.95. The van der Waals surface area contributed by atoms with Crippen molar-refractivity contribution in [2.45, 2.75) is 46.1 Å². The van der Waals surface area contributed by atoms with Crippen molar-refractivity contribution in [1.82, 2.24) is 0 Å². The van der Waals surface area contributed by atoms with Crippen LogP contribution >= 0.6 is 0 Å². The summed E-state index contributed by atoms with van der Waals surface area (Å²) in [5.74, 6) is 1.63. The molecular formula is C12H21NO. The summed E-state index contributed by atoms with van der Waals surface area (Å²) < 4.78 is 5.38. The first kappa shape index (κ1) is 11.3. The number of furan rings is 1. The first-order valence-corrected chi connectivity index (χ1v) is 5.44. The summed E-state index contributed by atoms with van der Waals surface area (Å²) in [5, 5.41) is 0. The fourth-order valence-corrected chi connectivity index (χ4v) is 1.92. The molecule has 2 atom stereocenters. The molecule has 0 radical (unpaired) electrons. The van der Waals surface area contributed by atoms with Gasteiger partial charge in [-0.05, 0) is 30.9 Å². The van der Waals surface area contributed by atoms with Crippen LogP contribution in [0.4, 0.5) is 0 Å². The Morgan fingerprint density at radius 1 is 1.50 bits per heavy atom. The van der Waals surface area contributed by atoms with Gasteiger partial charge in [0.25, 0.3) is 0 Å². The highest BCUT2D eigenvalue weighted by Crippen LogP contribution is 2.24. The van der Waals surface area contributed by atoms with E-state index in [0.29, 0.717) is 5.92 Å². The third kappa shape index (κ3) is 2.88. The Hall–Kier alpha value is -0.760. The van der Waals surface area contributed by atoms with Gasteiger partial charge in [0.2, 0.25) is 0 Å². The van der Waals surface area contributed by atoms with E-state index in [9.17, 15) is 0 Å². The second kappa shape index (κ2) is 5.20. The molecule has 0 saturated heterocycles. The molecule has 0 aliphatic rings. The minimum Gasteiger partial charge on any atom is -0.467 e. The Bertz CT molecular complexity index is 267.